The average Bonchev–Trinajstić information content (AvgIpc) is 2.64. The van der Waals surface area contributed by atoms with Crippen molar-refractivity contribution in [2.75, 3.05) is 37.2 Å². The van der Waals surface area contributed by atoms with Crippen molar-refractivity contribution < 1.29 is 9.53 Å². The van der Waals surface area contributed by atoms with Gasteiger partial charge in [-0.1, -0.05) is 12.1 Å². The summed E-state index contributed by atoms with van der Waals surface area (Å²) in [5.41, 5.74) is 8.26. The van der Waals surface area contributed by atoms with Gasteiger partial charge in [-0.2, -0.15) is 0 Å². The minimum atomic E-state index is -0.454. The molecule has 0 radical (unpaired) electrons. The molecule has 0 aliphatic carbocycles. The zero-order valence-corrected chi connectivity index (χ0v) is 16.8. The van der Waals surface area contributed by atoms with Gasteiger partial charge in [0.1, 0.15) is 5.60 Å². The van der Waals surface area contributed by atoms with E-state index < -0.39 is 5.60 Å². The highest BCUT2D eigenvalue weighted by Crippen LogP contribution is 2.21. The van der Waals surface area contributed by atoms with Crippen molar-refractivity contribution >= 4 is 23.3 Å². The van der Waals surface area contributed by atoms with Crippen LogP contribution in [0.1, 0.15) is 26.3 Å². The first-order valence-electron chi connectivity index (χ1n) is 9.57. The van der Waals surface area contributed by atoms with E-state index in [9.17, 15) is 4.79 Å². The molecule has 0 unspecified atom stereocenters. The molecule has 1 saturated heterocycles. The molecule has 0 atom stereocenters. The molecule has 1 fully saturated rings. The van der Waals surface area contributed by atoms with Crippen molar-refractivity contribution in [3.05, 3.63) is 48.2 Å². The highest BCUT2D eigenvalue weighted by atomic mass is 16.6. The van der Waals surface area contributed by atoms with E-state index in [4.69, 9.17) is 10.5 Å². The van der Waals surface area contributed by atoms with Gasteiger partial charge in [-0.25, -0.2) is 9.78 Å². The van der Waals surface area contributed by atoms with Crippen molar-refractivity contribution in [3.63, 3.8) is 0 Å². The van der Waals surface area contributed by atoms with E-state index in [2.05, 4.69) is 27.3 Å². The number of anilines is 3. The summed E-state index contributed by atoms with van der Waals surface area (Å²) in [5.74, 6) is 0.661. The van der Waals surface area contributed by atoms with Crippen molar-refractivity contribution in [3.8, 4) is 0 Å². The second-order valence-electron chi connectivity index (χ2n) is 8.01. The second-order valence-corrected chi connectivity index (χ2v) is 8.01. The van der Waals surface area contributed by atoms with Gasteiger partial charge in [0.25, 0.3) is 0 Å². The number of piperazine rings is 1. The molecule has 1 aromatic carbocycles. The number of rotatable bonds is 4. The van der Waals surface area contributed by atoms with Gasteiger partial charge in [-0.15, -0.1) is 0 Å². The lowest BCUT2D eigenvalue weighted by molar-refractivity contribution is 0.0139. The number of amides is 1. The van der Waals surface area contributed by atoms with Gasteiger partial charge in [-0.3, -0.25) is 4.90 Å². The molecule has 0 saturated carbocycles. The molecule has 1 aliphatic heterocycles. The summed E-state index contributed by atoms with van der Waals surface area (Å²) in [6.07, 6.45) is 1.49. The molecule has 3 N–H and O–H groups in total. The predicted octanol–water partition coefficient (Wildman–Crippen LogP) is 3.46. The summed E-state index contributed by atoms with van der Waals surface area (Å²) in [6, 6.07) is 11.9. The number of aromatic nitrogens is 1. The molecule has 3 rings (SSSR count). The number of benzene rings is 1. The van der Waals surface area contributed by atoms with Crippen LogP contribution in [0.25, 0.3) is 0 Å². The van der Waals surface area contributed by atoms with Crippen molar-refractivity contribution in [1.82, 2.24) is 14.8 Å². The van der Waals surface area contributed by atoms with Gasteiger partial charge in [0, 0.05) is 44.6 Å². The third-order valence-electron chi connectivity index (χ3n) is 4.49. The van der Waals surface area contributed by atoms with Gasteiger partial charge in [-0.05, 0) is 50.6 Å². The summed E-state index contributed by atoms with van der Waals surface area (Å²) >= 11 is 0. The molecule has 150 valence electrons. The monoisotopic (exact) mass is 383 g/mol. The third-order valence-corrected chi connectivity index (χ3v) is 4.49. The second kappa shape index (κ2) is 8.48. The maximum absolute atomic E-state index is 12.2. The molecule has 28 heavy (non-hydrogen) atoms. The molecule has 7 nitrogen and oxygen atoms in total. The Balaban J connectivity index is 1.49. The Kier molecular flexibility index (Phi) is 6.04. The molecule has 2 aromatic rings. The number of nitrogen functional groups attached to an aromatic ring is 1. The zero-order valence-electron chi connectivity index (χ0n) is 16.8. The van der Waals surface area contributed by atoms with E-state index in [1.807, 2.05) is 45.0 Å². The van der Waals surface area contributed by atoms with Crippen molar-refractivity contribution in [2.45, 2.75) is 32.9 Å². The number of carbonyl (C=O) groups is 1. The molecule has 1 aromatic heterocycles. The fourth-order valence-corrected chi connectivity index (χ4v) is 3.03. The van der Waals surface area contributed by atoms with Gasteiger partial charge in [0.2, 0.25) is 0 Å². The van der Waals surface area contributed by atoms with Crippen LogP contribution in [0.4, 0.5) is 22.0 Å². The Hall–Kier alpha value is -2.80. The molecule has 1 aliphatic rings. The summed E-state index contributed by atoms with van der Waals surface area (Å²) in [4.78, 5) is 20.5. The van der Waals surface area contributed by atoms with Crippen LogP contribution in [0.3, 0.4) is 0 Å². The fourth-order valence-electron chi connectivity index (χ4n) is 3.03. The number of ether oxygens (including phenoxy) is 1. The SMILES string of the molecule is CC(C)(C)OC(=O)N1CCN(Cc2ccc(Nc3ncccc3N)cc2)CC1. The lowest BCUT2D eigenvalue weighted by atomic mass is 10.1. The van der Waals surface area contributed by atoms with Gasteiger partial charge >= 0.3 is 6.09 Å². The van der Waals surface area contributed by atoms with E-state index in [1.165, 1.54) is 5.56 Å². The Bertz CT molecular complexity index is 793. The highest BCUT2D eigenvalue weighted by Gasteiger charge is 2.25. The third kappa shape index (κ3) is 5.60. The summed E-state index contributed by atoms with van der Waals surface area (Å²) in [5, 5.41) is 3.23. The molecular formula is C21H29N5O2. The molecule has 7 heteroatoms. The topological polar surface area (TPSA) is 83.7 Å². The summed E-state index contributed by atoms with van der Waals surface area (Å²) in [7, 11) is 0. The van der Waals surface area contributed by atoms with E-state index in [-0.39, 0.29) is 6.09 Å². The minimum absolute atomic E-state index is 0.226. The van der Waals surface area contributed by atoms with Crippen LogP contribution >= 0.6 is 0 Å². The van der Waals surface area contributed by atoms with E-state index >= 15 is 0 Å². The summed E-state index contributed by atoms with van der Waals surface area (Å²) < 4.78 is 5.45. The lowest BCUT2D eigenvalue weighted by Crippen LogP contribution is -2.49. The Morgan fingerprint density at radius 1 is 1.14 bits per heavy atom. The van der Waals surface area contributed by atoms with Crippen LogP contribution in [-0.2, 0) is 11.3 Å². The molecule has 1 amide bonds. The van der Waals surface area contributed by atoms with E-state index in [0.29, 0.717) is 24.6 Å². The first-order chi connectivity index (χ1) is 13.3. The molecule has 0 bridgehead atoms. The molecule has 2 heterocycles. The van der Waals surface area contributed by atoms with Gasteiger partial charge < -0.3 is 20.7 Å². The van der Waals surface area contributed by atoms with Crippen LogP contribution in [0, 0.1) is 0 Å². The van der Waals surface area contributed by atoms with Crippen LogP contribution in [0.2, 0.25) is 0 Å². The van der Waals surface area contributed by atoms with Crippen molar-refractivity contribution in [1.29, 1.82) is 0 Å². The van der Waals surface area contributed by atoms with Crippen LogP contribution in [-0.4, -0.2) is 52.7 Å². The van der Waals surface area contributed by atoms with E-state index in [0.717, 1.165) is 25.3 Å². The molecular weight excluding hydrogens is 354 g/mol. The van der Waals surface area contributed by atoms with Crippen LogP contribution < -0.4 is 11.1 Å². The van der Waals surface area contributed by atoms with Gasteiger partial charge in [0.05, 0.1) is 5.69 Å². The van der Waals surface area contributed by atoms with Crippen molar-refractivity contribution in [2.24, 2.45) is 0 Å². The first-order valence-corrected chi connectivity index (χ1v) is 9.57. The Labute approximate surface area is 166 Å². The Morgan fingerprint density at radius 3 is 2.43 bits per heavy atom. The highest BCUT2D eigenvalue weighted by molar-refractivity contribution is 5.68. The number of hydrogen-bond acceptors (Lipinski definition) is 6. The maximum atomic E-state index is 12.2. The molecule has 0 spiro atoms. The predicted molar refractivity (Wildman–Crippen MR) is 111 cm³/mol. The zero-order chi connectivity index (χ0) is 20.1. The number of nitrogens with two attached hydrogens (primary N) is 1. The standard InChI is InChI=1S/C21H29N5O2/c1-21(2,3)28-20(27)26-13-11-25(12-14-26)15-16-6-8-17(9-7-16)24-19-18(22)5-4-10-23-19/h4-10H,11-15,22H2,1-3H3,(H,23,24). The number of nitrogens with zero attached hydrogens (tertiary/aromatic N) is 3. The fraction of sp³-hybridized carbons (Fsp3) is 0.429. The van der Waals surface area contributed by atoms with Gasteiger partial charge in [0.15, 0.2) is 5.82 Å². The number of carbonyl (C=O) groups excluding carboxylic acids is 1. The number of nitrogens with one attached hydrogen (secondary N) is 1. The average molecular weight is 383 g/mol. The number of pyridine rings is 1. The minimum Gasteiger partial charge on any atom is -0.444 e. The first kappa shape index (κ1) is 19.9. The lowest BCUT2D eigenvalue weighted by Gasteiger charge is -2.35. The quantitative estimate of drug-likeness (QED) is 0.841. The van der Waals surface area contributed by atoms with Crippen LogP contribution in [0.5, 0.6) is 0 Å². The number of hydrogen-bond donors (Lipinski definition) is 2. The summed E-state index contributed by atoms with van der Waals surface area (Å²) in [6.45, 7) is 9.58. The maximum Gasteiger partial charge on any atom is 0.410 e. The largest absolute Gasteiger partial charge is 0.444 e. The normalized spacial score (nSPS) is 15.3. The smallest absolute Gasteiger partial charge is 0.410 e. The van der Waals surface area contributed by atoms with Crippen LogP contribution in [0.15, 0.2) is 42.6 Å². The Morgan fingerprint density at radius 2 is 1.82 bits per heavy atom. The van der Waals surface area contributed by atoms with E-state index in [1.54, 1.807) is 11.1 Å².